The highest BCUT2D eigenvalue weighted by Crippen LogP contribution is 2.31. The van der Waals surface area contributed by atoms with Gasteiger partial charge in [0.25, 0.3) is 0 Å². The molecule has 0 saturated carbocycles. The van der Waals surface area contributed by atoms with Gasteiger partial charge >= 0.3 is 0 Å². The van der Waals surface area contributed by atoms with E-state index in [1.807, 2.05) is 42.5 Å². The molecule has 1 aliphatic carbocycles. The van der Waals surface area contributed by atoms with Crippen LogP contribution in [-0.2, 0) is 13.0 Å². The Hall–Kier alpha value is -2.49. The quantitative estimate of drug-likeness (QED) is 0.691. The summed E-state index contributed by atoms with van der Waals surface area (Å²) in [6, 6.07) is 13.7. The second kappa shape index (κ2) is 5.87. The largest absolute Gasteiger partial charge is 0.497 e. The van der Waals surface area contributed by atoms with Gasteiger partial charge in [0.1, 0.15) is 18.1 Å². The molecule has 0 bridgehead atoms. The molecule has 1 aliphatic rings. The van der Waals surface area contributed by atoms with Crippen molar-refractivity contribution in [2.24, 2.45) is 5.16 Å². The zero-order chi connectivity index (χ0) is 14.7. The van der Waals surface area contributed by atoms with Crippen molar-refractivity contribution in [2.75, 3.05) is 7.11 Å². The van der Waals surface area contributed by atoms with Crippen molar-refractivity contribution in [3.63, 3.8) is 0 Å². The Kier molecular flexibility index (Phi) is 3.77. The number of hydrogen-bond acceptors (Lipinski definition) is 4. The predicted molar refractivity (Wildman–Crippen MR) is 80.4 cm³/mol. The minimum Gasteiger partial charge on any atom is -0.497 e. The maximum absolute atomic E-state index is 9.00. The topological polar surface area (TPSA) is 51.0 Å². The third kappa shape index (κ3) is 2.70. The average Bonchev–Trinajstić information content (AvgIpc) is 2.96. The van der Waals surface area contributed by atoms with Gasteiger partial charge in [0.15, 0.2) is 0 Å². The first-order valence-corrected chi connectivity index (χ1v) is 6.90. The molecule has 0 fully saturated rings. The summed E-state index contributed by atoms with van der Waals surface area (Å²) in [6.07, 6.45) is 1.61. The fourth-order valence-corrected chi connectivity index (χ4v) is 2.63. The Morgan fingerprint density at radius 3 is 2.81 bits per heavy atom. The summed E-state index contributed by atoms with van der Waals surface area (Å²) in [5.74, 6) is 1.68. The van der Waals surface area contributed by atoms with Crippen LogP contribution in [0.3, 0.4) is 0 Å². The summed E-state index contributed by atoms with van der Waals surface area (Å²) >= 11 is 0. The smallest absolute Gasteiger partial charge is 0.123 e. The lowest BCUT2D eigenvalue weighted by atomic mass is 10.1. The van der Waals surface area contributed by atoms with Gasteiger partial charge in [0.2, 0.25) is 0 Å². The van der Waals surface area contributed by atoms with Crippen LogP contribution in [0.4, 0.5) is 0 Å². The van der Waals surface area contributed by atoms with Gasteiger partial charge in [0, 0.05) is 11.1 Å². The Labute approximate surface area is 123 Å². The minimum absolute atomic E-state index is 0.485. The lowest BCUT2D eigenvalue weighted by molar-refractivity contribution is 0.302. The van der Waals surface area contributed by atoms with Crippen molar-refractivity contribution in [3.05, 3.63) is 59.2 Å². The van der Waals surface area contributed by atoms with Crippen LogP contribution in [-0.4, -0.2) is 18.0 Å². The van der Waals surface area contributed by atoms with Crippen LogP contribution >= 0.6 is 0 Å². The maximum atomic E-state index is 9.00. The zero-order valence-corrected chi connectivity index (χ0v) is 11.9. The molecule has 0 unspecified atom stereocenters. The molecule has 0 spiro atoms. The lowest BCUT2D eigenvalue weighted by Crippen LogP contribution is -1.99. The molecule has 0 amide bonds. The fourth-order valence-electron chi connectivity index (χ4n) is 2.63. The molecule has 2 aromatic carbocycles. The molecule has 21 heavy (non-hydrogen) atoms. The van der Waals surface area contributed by atoms with Crippen LogP contribution in [0.25, 0.3) is 0 Å². The molecule has 3 rings (SSSR count). The van der Waals surface area contributed by atoms with Gasteiger partial charge in [-0.1, -0.05) is 29.4 Å². The Morgan fingerprint density at radius 1 is 1.14 bits per heavy atom. The van der Waals surface area contributed by atoms with Crippen LogP contribution in [0.5, 0.6) is 11.5 Å². The molecule has 0 heterocycles. The van der Waals surface area contributed by atoms with Crippen molar-refractivity contribution in [2.45, 2.75) is 19.4 Å². The van der Waals surface area contributed by atoms with Crippen LogP contribution < -0.4 is 9.47 Å². The summed E-state index contributed by atoms with van der Waals surface area (Å²) in [6.45, 7) is 0.485. The van der Waals surface area contributed by atoms with Crippen molar-refractivity contribution in [1.29, 1.82) is 0 Å². The highest BCUT2D eigenvalue weighted by Gasteiger charge is 2.21. The average molecular weight is 283 g/mol. The first-order chi connectivity index (χ1) is 10.3. The molecular formula is C17H17NO3. The van der Waals surface area contributed by atoms with E-state index in [2.05, 4.69) is 5.16 Å². The van der Waals surface area contributed by atoms with E-state index in [0.29, 0.717) is 6.61 Å². The normalized spacial score (nSPS) is 15.0. The van der Waals surface area contributed by atoms with Crippen LogP contribution in [0.15, 0.2) is 47.6 Å². The predicted octanol–water partition coefficient (Wildman–Crippen LogP) is 3.40. The van der Waals surface area contributed by atoms with Crippen LogP contribution in [0.1, 0.15) is 23.1 Å². The van der Waals surface area contributed by atoms with E-state index in [9.17, 15) is 0 Å². The van der Waals surface area contributed by atoms with E-state index < -0.39 is 0 Å². The number of rotatable bonds is 4. The number of benzene rings is 2. The first-order valence-electron chi connectivity index (χ1n) is 6.90. The van der Waals surface area contributed by atoms with Gasteiger partial charge in [-0.25, -0.2) is 0 Å². The molecule has 0 aromatic heterocycles. The molecule has 0 radical (unpaired) electrons. The standard InChI is InChI=1S/C17H17NO3/c1-20-13-5-2-4-12(10-13)11-21-17-7-3-6-14-15(17)8-9-16(14)18-19/h2-7,10,19H,8-9,11H2,1H3. The van der Waals surface area contributed by atoms with E-state index in [-0.39, 0.29) is 0 Å². The molecule has 1 N–H and O–H groups in total. The van der Waals surface area contributed by atoms with E-state index in [0.717, 1.165) is 46.7 Å². The highest BCUT2D eigenvalue weighted by molar-refractivity contribution is 6.04. The van der Waals surface area contributed by atoms with Gasteiger partial charge in [-0.05, 0) is 36.6 Å². The molecule has 0 aliphatic heterocycles. The van der Waals surface area contributed by atoms with E-state index in [4.69, 9.17) is 14.7 Å². The summed E-state index contributed by atoms with van der Waals surface area (Å²) in [7, 11) is 1.65. The van der Waals surface area contributed by atoms with E-state index in [1.54, 1.807) is 7.11 Å². The van der Waals surface area contributed by atoms with E-state index >= 15 is 0 Å². The van der Waals surface area contributed by atoms with E-state index in [1.165, 1.54) is 0 Å². The number of ether oxygens (including phenoxy) is 2. The number of fused-ring (bicyclic) bond motifs is 1. The highest BCUT2D eigenvalue weighted by atomic mass is 16.5. The Balaban J connectivity index is 1.79. The molecule has 0 saturated heterocycles. The van der Waals surface area contributed by atoms with Crippen molar-refractivity contribution in [1.82, 2.24) is 0 Å². The van der Waals surface area contributed by atoms with Crippen LogP contribution in [0.2, 0.25) is 0 Å². The third-order valence-corrected chi connectivity index (χ3v) is 3.70. The summed E-state index contributed by atoms with van der Waals surface area (Å²) < 4.78 is 11.1. The number of hydrogen-bond donors (Lipinski definition) is 1. The second-order valence-electron chi connectivity index (χ2n) is 4.97. The van der Waals surface area contributed by atoms with Gasteiger partial charge in [-0.2, -0.15) is 0 Å². The van der Waals surface area contributed by atoms with Crippen LogP contribution in [0, 0.1) is 0 Å². The SMILES string of the molecule is COc1cccc(COc2cccc3c2CCC3=NO)c1. The van der Waals surface area contributed by atoms with Crippen molar-refractivity contribution >= 4 is 5.71 Å². The molecule has 0 atom stereocenters. The van der Waals surface area contributed by atoms with Crippen molar-refractivity contribution < 1.29 is 14.7 Å². The molecule has 4 heteroatoms. The Bertz CT molecular complexity index is 679. The maximum Gasteiger partial charge on any atom is 0.123 e. The van der Waals surface area contributed by atoms with Gasteiger partial charge < -0.3 is 14.7 Å². The molecule has 4 nitrogen and oxygen atoms in total. The van der Waals surface area contributed by atoms with Gasteiger partial charge in [-0.15, -0.1) is 0 Å². The van der Waals surface area contributed by atoms with Crippen molar-refractivity contribution in [3.8, 4) is 11.5 Å². The number of oxime groups is 1. The summed E-state index contributed by atoms with van der Waals surface area (Å²) in [4.78, 5) is 0. The van der Waals surface area contributed by atoms with Gasteiger partial charge in [0.05, 0.1) is 12.8 Å². The molecule has 2 aromatic rings. The van der Waals surface area contributed by atoms with Gasteiger partial charge in [-0.3, -0.25) is 0 Å². The summed E-state index contributed by atoms with van der Waals surface area (Å²) in [5.41, 5.74) is 3.90. The Morgan fingerprint density at radius 2 is 2.00 bits per heavy atom. The minimum atomic E-state index is 0.485. The lowest BCUT2D eigenvalue weighted by Gasteiger charge is -2.11. The number of nitrogens with zero attached hydrogens (tertiary/aromatic N) is 1. The fraction of sp³-hybridized carbons (Fsp3) is 0.235. The zero-order valence-electron chi connectivity index (χ0n) is 11.9. The third-order valence-electron chi connectivity index (χ3n) is 3.70. The first kappa shape index (κ1) is 13.5. The molecular weight excluding hydrogens is 266 g/mol. The second-order valence-corrected chi connectivity index (χ2v) is 4.97. The molecule has 108 valence electrons. The summed E-state index contributed by atoms with van der Waals surface area (Å²) in [5, 5.41) is 12.4. The monoisotopic (exact) mass is 283 g/mol. The number of methoxy groups -OCH3 is 1.